The molecule has 11 heavy (non-hydrogen) atoms. The molecule has 0 atom stereocenters. The van der Waals surface area contributed by atoms with Crippen molar-refractivity contribution in [1.82, 2.24) is 4.90 Å². The van der Waals surface area contributed by atoms with Crippen LogP contribution in [0.5, 0.6) is 0 Å². The third kappa shape index (κ3) is 2.40. The van der Waals surface area contributed by atoms with Crippen molar-refractivity contribution in [2.45, 2.75) is 12.6 Å². The van der Waals surface area contributed by atoms with E-state index in [0.29, 0.717) is 6.41 Å². The van der Waals surface area contributed by atoms with E-state index in [1.165, 1.54) is 4.90 Å². The predicted molar refractivity (Wildman–Crippen MR) is 31.8 cm³/mol. The van der Waals surface area contributed by atoms with Gasteiger partial charge in [0.1, 0.15) is 0 Å². The Morgan fingerprint density at radius 3 is 2.36 bits per heavy atom. The van der Waals surface area contributed by atoms with Crippen LogP contribution >= 0.6 is 0 Å². The molecule has 1 saturated heterocycles. The fraction of sp³-hybridized carbons (Fsp3) is 0.833. The van der Waals surface area contributed by atoms with Crippen molar-refractivity contribution >= 4 is 6.41 Å². The van der Waals surface area contributed by atoms with Crippen molar-refractivity contribution in [1.29, 1.82) is 0 Å². The lowest BCUT2D eigenvalue weighted by Gasteiger charge is -2.36. The van der Waals surface area contributed by atoms with E-state index in [1.54, 1.807) is 0 Å². The minimum absolute atomic E-state index is 0.253. The van der Waals surface area contributed by atoms with Crippen molar-refractivity contribution < 1.29 is 18.0 Å². The van der Waals surface area contributed by atoms with Gasteiger partial charge in [-0.2, -0.15) is 13.2 Å². The smallest absolute Gasteiger partial charge is 0.345 e. The molecule has 0 aromatic rings. The third-order valence-corrected chi connectivity index (χ3v) is 1.65. The van der Waals surface area contributed by atoms with E-state index in [1.807, 2.05) is 0 Å². The predicted octanol–water partition coefficient (Wildman–Crippen LogP) is 1.03. The Balaban J connectivity index is 2.18. The molecule has 0 bridgehead atoms. The fourth-order valence-corrected chi connectivity index (χ4v) is 1.15. The Morgan fingerprint density at radius 2 is 2.00 bits per heavy atom. The third-order valence-electron chi connectivity index (χ3n) is 1.65. The Kier molecular flexibility index (Phi) is 2.06. The number of carbonyl (C=O) groups excluding carboxylic acids is 1. The van der Waals surface area contributed by atoms with Gasteiger partial charge in [-0.25, -0.2) is 0 Å². The van der Waals surface area contributed by atoms with Gasteiger partial charge in [-0.1, -0.05) is 0 Å². The lowest BCUT2D eigenvalue weighted by atomic mass is 9.97. The number of halogens is 3. The van der Waals surface area contributed by atoms with Crippen molar-refractivity contribution in [3.05, 3.63) is 0 Å². The Hall–Kier alpha value is -0.740. The Bertz CT molecular complexity index is 150. The van der Waals surface area contributed by atoms with Crippen molar-refractivity contribution in [3.8, 4) is 0 Å². The van der Waals surface area contributed by atoms with Gasteiger partial charge in [-0.15, -0.1) is 0 Å². The molecule has 1 heterocycles. The molecule has 5 heteroatoms. The van der Waals surface area contributed by atoms with E-state index in [2.05, 4.69) is 0 Å². The van der Waals surface area contributed by atoms with Gasteiger partial charge < -0.3 is 4.90 Å². The van der Waals surface area contributed by atoms with Gasteiger partial charge >= 0.3 is 6.18 Å². The molecular formula is C6H8F3NO. The molecule has 64 valence electrons. The van der Waals surface area contributed by atoms with Crippen LogP contribution in [0, 0.1) is 5.92 Å². The highest BCUT2D eigenvalue weighted by Crippen LogP contribution is 2.29. The van der Waals surface area contributed by atoms with Crippen LogP contribution in [-0.2, 0) is 4.79 Å². The van der Waals surface area contributed by atoms with Gasteiger partial charge in [0, 0.05) is 25.4 Å². The molecule has 0 unspecified atom stereocenters. The second kappa shape index (κ2) is 2.71. The summed E-state index contributed by atoms with van der Waals surface area (Å²) in [5.74, 6) is -0.375. The monoisotopic (exact) mass is 167 g/mol. The summed E-state index contributed by atoms with van der Waals surface area (Å²) in [6, 6.07) is 0. The number of nitrogens with zero attached hydrogens (tertiary/aromatic N) is 1. The molecule has 1 amide bonds. The summed E-state index contributed by atoms with van der Waals surface area (Å²) in [4.78, 5) is 11.3. The highest BCUT2D eigenvalue weighted by molar-refractivity contribution is 5.48. The minimum Gasteiger partial charge on any atom is -0.345 e. The second-order valence-corrected chi connectivity index (χ2v) is 2.74. The van der Waals surface area contributed by atoms with Crippen molar-refractivity contribution in [3.63, 3.8) is 0 Å². The van der Waals surface area contributed by atoms with Gasteiger partial charge in [0.05, 0.1) is 0 Å². The molecule has 0 aromatic carbocycles. The van der Waals surface area contributed by atoms with Crippen LogP contribution in [0.3, 0.4) is 0 Å². The van der Waals surface area contributed by atoms with Gasteiger partial charge in [-0.3, -0.25) is 4.79 Å². The second-order valence-electron chi connectivity index (χ2n) is 2.74. The van der Waals surface area contributed by atoms with Crippen molar-refractivity contribution in [2.75, 3.05) is 13.1 Å². The van der Waals surface area contributed by atoms with Crippen LogP contribution in [0.2, 0.25) is 0 Å². The molecule has 1 rings (SSSR count). The lowest BCUT2D eigenvalue weighted by molar-refractivity contribution is -0.158. The van der Waals surface area contributed by atoms with Crippen molar-refractivity contribution in [2.24, 2.45) is 5.92 Å². The highest BCUT2D eigenvalue weighted by Gasteiger charge is 2.37. The summed E-state index contributed by atoms with van der Waals surface area (Å²) in [5.41, 5.74) is 0. The summed E-state index contributed by atoms with van der Waals surface area (Å²) < 4.78 is 35.0. The summed E-state index contributed by atoms with van der Waals surface area (Å²) in [6.07, 6.45) is -4.27. The zero-order valence-corrected chi connectivity index (χ0v) is 5.77. The molecular weight excluding hydrogens is 159 g/mol. The SMILES string of the molecule is O=CN1CC(CC(F)(F)F)C1. The minimum atomic E-state index is -4.08. The largest absolute Gasteiger partial charge is 0.389 e. The molecule has 1 aliphatic heterocycles. The molecule has 2 nitrogen and oxygen atoms in total. The first-order valence-electron chi connectivity index (χ1n) is 3.27. The van der Waals surface area contributed by atoms with Gasteiger partial charge in [-0.05, 0) is 0 Å². The number of carbonyl (C=O) groups is 1. The van der Waals surface area contributed by atoms with Gasteiger partial charge in [0.25, 0.3) is 0 Å². The highest BCUT2D eigenvalue weighted by atomic mass is 19.4. The maximum absolute atomic E-state index is 11.7. The summed E-state index contributed by atoms with van der Waals surface area (Å²) in [6.45, 7) is 0.506. The zero-order valence-electron chi connectivity index (χ0n) is 5.77. The molecule has 1 fully saturated rings. The van der Waals surface area contributed by atoms with E-state index in [0.717, 1.165) is 0 Å². The van der Waals surface area contributed by atoms with E-state index >= 15 is 0 Å². The molecule has 0 radical (unpaired) electrons. The van der Waals surface area contributed by atoms with Crippen LogP contribution in [0.4, 0.5) is 13.2 Å². The number of alkyl halides is 3. The molecule has 0 aliphatic carbocycles. The summed E-state index contributed by atoms with van der Waals surface area (Å²) in [7, 11) is 0. The molecule has 0 N–H and O–H groups in total. The summed E-state index contributed by atoms with van der Waals surface area (Å²) in [5, 5.41) is 0. The van der Waals surface area contributed by atoms with Gasteiger partial charge in [0.2, 0.25) is 6.41 Å². The zero-order chi connectivity index (χ0) is 8.48. The van der Waals surface area contributed by atoms with E-state index < -0.39 is 12.6 Å². The lowest BCUT2D eigenvalue weighted by Crippen LogP contribution is -2.47. The van der Waals surface area contributed by atoms with E-state index in [9.17, 15) is 18.0 Å². The molecule has 0 aromatic heterocycles. The van der Waals surface area contributed by atoms with Crippen LogP contribution < -0.4 is 0 Å². The van der Waals surface area contributed by atoms with Crippen LogP contribution in [0.1, 0.15) is 6.42 Å². The fourth-order valence-electron chi connectivity index (χ4n) is 1.15. The molecule has 0 saturated carbocycles. The first-order chi connectivity index (χ1) is 5.01. The summed E-state index contributed by atoms with van der Waals surface area (Å²) >= 11 is 0. The number of amides is 1. The van der Waals surface area contributed by atoms with E-state index in [4.69, 9.17) is 0 Å². The first-order valence-corrected chi connectivity index (χ1v) is 3.27. The maximum atomic E-state index is 11.7. The Labute approximate surface area is 62.0 Å². The number of hydrogen-bond donors (Lipinski definition) is 0. The van der Waals surface area contributed by atoms with Crippen LogP contribution in [0.15, 0.2) is 0 Å². The number of likely N-dealkylation sites (tertiary alicyclic amines) is 1. The first kappa shape index (κ1) is 8.36. The average Bonchev–Trinajstić information content (AvgIpc) is 1.75. The molecule has 1 aliphatic rings. The Morgan fingerprint density at radius 1 is 1.45 bits per heavy atom. The quantitative estimate of drug-likeness (QED) is 0.562. The maximum Gasteiger partial charge on any atom is 0.389 e. The topological polar surface area (TPSA) is 20.3 Å². The van der Waals surface area contributed by atoms with Gasteiger partial charge in [0.15, 0.2) is 0 Å². The molecule has 0 spiro atoms. The number of rotatable bonds is 2. The van der Waals surface area contributed by atoms with Crippen LogP contribution in [0.25, 0.3) is 0 Å². The van der Waals surface area contributed by atoms with Crippen LogP contribution in [-0.4, -0.2) is 30.6 Å². The average molecular weight is 167 g/mol. The standard InChI is InChI=1S/C6H8F3NO/c7-6(8,9)1-5-2-10(3-5)4-11/h4-5H,1-3H2. The number of hydrogen-bond acceptors (Lipinski definition) is 1. The van der Waals surface area contributed by atoms with E-state index in [-0.39, 0.29) is 19.0 Å². The normalized spacial score (nSPS) is 19.7.